The van der Waals surface area contributed by atoms with Crippen molar-refractivity contribution in [3.63, 3.8) is 0 Å². The highest BCUT2D eigenvalue weighted by Crippen LogP contribution is 2.27. The first-order valence-electron chi connectivity index (χ1n) is 7.32. The van der Waals surface area contributed by atoms with E-state index in [2.05, 4.69) is 22.5 Å². The third-order valence-corrected chi connectivity index (χ3v) is 4.52. The molecule has 0 bridgehead atoms. The van der Waals surface area contributed by atoms with Crippen molar-refractivity contribution in [3.8, 4) is 17.0 Å². The Balaban J connectivity index is 1.67. The molecule has 3 rings (SSSR count). The topological polar surface area (TPSA) is 51.2 Å². The number of hydrogen-bond acceptors (Lipinski definition) is 4. The minimum atomic E-state index is 0.0679. The van der Waals surface area contributed by atoms with E-state index in [1.54, 1.807) is 7.11 Å². The number of carbonyl (C=O) groups is 1. The number of benzene rings is 1. The van der Waals surface area contributed by atoms with Crippen LogP contribution in [-0.4, -0.2) is 18.0 Å². The number of anilines is 1. The predicted octanol–water partition coefficient (Wildman–Crippen LogP) is 4.11. The summed E-state index contributed by atoms with van der Waals surface area (Å²) in [4.78, 5) is 16.7. The van der Waals surface area contributed by atoms with Crippen molar-refractivity contribution in [2.24, 2.45) is 5.92 Å². The Kier molecular flexibility index (Phi) is 4.53. The standard InChI is InChI=1S/C17H18N2O2S/c1-21-14-9-7-12(8-10-14)15-11-22-17(18-15)19-16(20)13-5-3-2-4-6-13/h2-3,7-11,13H,4-6H2,1H3,(H,18,19,20)/t13-/m1/s1. The molecular weight excluding hydrogens is 296 g/mol. The lowest BCUT2D eigenvalue weighted by Crippen LogP contribution is -2.23. The molecule has 0 saturated carbocycles. The molecule has 1 aliphatic rings. The summed E-state index contributed by atoms with van der Waals surface area (Å²) in [5.41, 5.74) is 1.88. The van der Waals surface area contributed by atoms with Gasteiger partial charge in [-0.05, 0) is 43.5 Å². The number of amides is 1. The molecule has 22 heavy (non-hydrogen) atoms. The van der Waals surface area contributed by atoms with Gasteiger partial charge in [0.2, 0.25) is 5.91 Å². The van der Waals surface area contributed by atoms with E-state index in [9.17, 15) is 4.79 Å². The van der Waals surface area contributed by atoms with Crippen LogP contribution < -0.4 is 10.1 Å². The summed E-state index contributed by atoms with van der Waals surface area (Å²) < 4.78 is 5.15. The fourth-order valence-electron chi connectivity index (χ4n) is 2.46. The van der Waals surface area contributed by atoms with Crippen LogP contribution >= 0.6 is 11.3 Å². The van der Waals surface area contributed by atoms with Crippen molar-refractivity contribution >= 4 is 22.4 Å². The van der Waals surface area contributed by atoms with Crippen molar-refractivity contribution in [2.45, 2.75) is 19.3 Å². The maximum atomic E-state index is 12.2. The summed E-state index contributed by atoms with van der Waals surface area (Å²) in [6, 6.07) is 7.74. The molecule has 1 aromatic heterocycles. The predicted molar refractivity (Wildman–Crippen MR) is 89.2 cm³/mol. The lowest BCUT2D eigenvalue weighted by atomic mass is 9.94. The van der Waals surface area contributed by atoms with Crippen LogP contribution in [0.5, 0.6) is 5.75 Å². The zero-order valence-corrected chi connectivity index (χ0v) is 13.2. The summed E-state index contributed by atoms with van der Waals surface area (Å²) in [5, 5.41) is 5.55. The molecule has 1 aliphatic carbocycles. The monoisotopic (exact) mass is 314 g/mol. The quantitative estimate of drug-likeness (QED) is 0.864. The van der Waals surface area contributed by atoms with Gasteiger partial charge in [0.15, 0.2) is 5.13 Å². The van der Waals surface area contributed by atoms with Crippen molar-refractivity contribution in [3.05, 3.63) is 41.8 Å². The zero-order valence-electron chi connectivity index (χ0n) is 12.4. The Morgan fingerprint density at radius 3 is 2.82 bits per heavy atom. The van der Waals surface area contributed by atoms with Gasteiger partial charge in [-0.25, -0.2) is 4.98 Å². The second kappa shape index (κ2) is 6.75. The first-order valence-corrected chi connectivity index (χ1v) is 8.20. The Labute approximate surface area is 133 Å². The van der Waals surface area contributed by atoms with E-state index in [1.807, 2.05) is 29.6 Å². The number of thiazole rings is 1. The highest BCUT2D eigenvalue weighted by Gasteiger charge is 2.19. The van der Waals surface area contributed by atoms with Crippen molar-refractivity contribution in [1.82, 2.24) is 4.98 Å². The summed E-state index contributed by atoms with van der Waals surface area (Å²) in [5.74, 6) is 0.955. The van der Waals surface area contributed by atoms with Crippen LogP contribution in [0.25, 0.3) is 11.3 Å². The van der Waals surface area contributed by atoms with Crippen LogP contribution in [0, 0.1) is 5.92 Å². The second-order valence-electron chi connectivity index (χ2n) is 5.24. The van der Waals surface area contributed by atoms with Crippen molar-refractivity contribution in [2.75, 3.05) is 12.4 Å². The van der Waals surface area contributed by atoms with E-state index in [-0.39, 0.29) is 11.8 Å². The molecule has 0 unspecified atom stereocenters. The summed E-state index contributed by atoms with van der Waals surface area (Å²) >= 11 is 1.45. The van der Waals surface area contributed by atoms with Gasteiger partial charge in [0.1, 0.15) is 5.75 Å². The number of nitrogens with one attached hydrogen (secondary N) is 1. The van der Waals surface area contributed by atoms with E-state index in [0.717, 1.165) is 36.3 Å². The molecule has 4 nitrogen and oxygen atoms in total. The van der Waals surface area contributed by atoms with Crippen LogP contribution in [0.1, 0.15) is 19.3 Å². The maximum Gasteiger partial charge on any atom is 0.229 e. The minimum Gasteiger partial charge on any atom is -0.497 e. The number of rotatable bonds is 4. The van der Waals surface area contributed by atoms with Gasteiger partial charge in [-0.3, -0.25) is 4.79 Å². The van der Waals surface area contributed by atoms with Gasteiger partial charge in [0, 0.05) is 16.9 Å². The van der Waals surface area contributed by atoms with E-state index in [0.29, 0.717) is 5.13 Å². The third kappa shape index (κ3) is 3.36. The number of carbonyl (C=O) groups excluding carboxylic acids is 1. The Bertz CT molecular complexity index is 676. The van der Waals surface area contributed by atoms with Gasteiger partial charge < -0.3 is 10.1 Å². The second-order valence-corrected chi connectivity index (χ2v) is 6.10. The first-order chi connectivity index (χ1) is 10.8. The van der Waals surface area contributed by atoms with Crippen LogP contribution in [0.4, 0.5) is 5.13 Å². The normalized spacial score (nSPS) is 17.2. The van der Waals surface area contributed by atoms with Gasteiger partial charge in [-0.15, -0.1) is 11.3 Å². The maximum absolute atomic E-state index is 12.2. The molecule has 5 heteroatoms. The molecule has 1 heterocycles. The number of allylic oxidation sites excluding steroid dienone is 2. The van der Waals surface area contributed by atoms with Crippen LogP contribution in [-0.2, 0) is 4.79 Å². The van der Waals surface area contributed by atoms with E-state index >= 15 is 0 Å². The summed E-state index contributed by atoms with van der Waals surface area (Å²) in [7, 11) is 1.64. The number of ether oxygens (including phenoxy) is 1. The van der Waals surface area contributed by atoms with Crippen LogP contribution in [0.15, 0.2) is 41.8 Å². The Morgan fingerprint density at radius 2 is 2.14 bits per heavy atom. The van der Waals surface area contributed by atoms with E-state index < -0.39 is 0 Å². The number of hydrogen-bond donors (Lipinski definition) is 1. The molecule has 0 fully saturated rings. The number of aromatic nitrogens is 1. The fourth-order valence-corrected chi connectivity index (χ4v) is 3.19. The molecule has 0 saturated heterocycles. The van der Waals surface area contributed by atoms with Gasteiger partial charge in [-0.1, -0.05) is 12.2 Å². The third-order valence-electron chi connectivity index (χ3n) is 3.76. The van der Waals surface area contributed by atoms with E-state index in [1.165, 1.54) is 11.3 Å². The molecule has 1 aromatic carbocycles. The Hall–Kier alpha value is -2.14. The molecule has 1 atom stereocenters. The van der Waals surface area contributed by atoms with Gasteiger partial charge in [0.25, 0.3) is 0 Å². The number of nitrogens with zero attached hydrogens (tertiary/aromatic N) is 1. The van der Waals surface area contributed by atoms with Gasteiger partial charge in [-0.2, -0.15) is 0 Å². The van der Waals surface area contributed by atoms with Gasteiger partial charge in [0.05, 0.1) is 12.8 Å². The van der Waals surface area contributed by atoms with E-state index in [4.69, 9.17) is 4.74 Å². The molecule has 0 radical (unpaired) electrons. The molecule has 114 valence electrons. The molecule has 2 aromatic rings. The first kappa shape index (κ1) is 14.8. The van der Waals surface area contributed by atoms with Crippen LogP contribution in [0.2, 0.25) is 0 Å². The minimum absolute atomic E-state index is 0.0679. The molecule has 1 N–H and O–H groups in total. The smallest absolute Gasteiger partial charge is 0.229 e. The highest BCUT2D eigenvalue weighted by molar-refractivity contribution is 7.14. The Morgan fingerprint density at radius 1 is 1.32 bits per heavy atom. The molecule has 0 aliphatic heterocycles. The average molecular weight is 314 g/mol. The van der Waals surface area contributed by atoms with Crippen molar-refractivity contribution in [1.29, 1.82) is 0 Å². The average Bonchev–Trinajstić information content (AvgIpc) is 3.04. The molecular formula is C17H18N2O2S. The largest absolute Gasteiger partial charge is 0.497 e. The van der Waals surface area contributed by atoms with Gasteiger partial charge >= 0.3 is 0 Å². The number of methoxy groups -OCH3 is 1. The highest BCUT2D eigenvalue weighted by atomic mass is 32.1. The molecule has 0 spiro atoms. The van der Waals surface area contributed by atoms with Crippen molar-refractivity contribution < 1.29 is 9.53 Å². The lowest BCUT2D eigenvalue weighted by molar-refractivity contribution is -0.120. The SMILES string of the molecule is COc1ccc(-c2csc(NC(=O)[C@@H]3CC=CCC3)n2)cc1. The lowest BCUT2D eigenvalue weighted by Gasteiger charge is -2.15. The zero-order chi connectivity index (χ0) is 15.4. The summed E-state index contributed by atoms with van der Waals surface area (Å²) in [6.45, 7) is 0. The van der Waals surface area contributed by atoms with Crippen LogP contribution in [0.3, 0.4) is 0 Å². The fraction of sp³-hybridized carbons (Fsp3) is 0.294. The molecule has 1 amide bonds. The summed E-state index contributed by atoms with van der Waals surface area (Å²) in [6.07, 6.45) is 6.93.